The van der Waals surface area contributed by atoms with Gasteiger partial charge in [-0.15, -0.1) is 0 Å². The molecule has 1 aromatic rings. The first kappa shape index (κ1) is 16.3. The summed E-state index contributed by atoms with van der Waals surface area (Å²) in [6.45, 7) is 7.52. The van der Waals surface area contributed by atoms with Crippen LogP contribution in [0.1, 0.15) is 43.7 Å². The number of hydrogen-bond acceptors (Lipinski definition) is 0. The van der Waals surface area contributed by atoms with Gasteiger partial charge in [-0.3, -0.25) is 0 Å². The van der Waals surface area contributed by atoms with Gasteiger partial charge >= 0.3 is 0 Å². The van der Waals surface area contributed by atoms with E-state index in [0.717, 1.165) is 6.42 Å². The maximum absolute atomic E-state index is 2.59. The van der Waals surface area contributed by atoms with Gasteiger partial charge in [0.2, 0.25) is 0 Å². The van der Waals surface area contributed by atoms with E-state index in [-0.39, 0.29) is 0 Å². The summed E-state index contributed by atoms with van der Waals surface area (Å²) >= 11 is 0. The second-order valence-corrected chi connectivity index (χ2v) is 13.3. The summed E-state index contributed by atoms with van der Waals surface area (Å²) in [7, 11) is -1.66. The van der Waals surface area contributed by atoms with E-state index in [4.69, 9.17) is 0 Å². The molecule has 0 amide bonds. The largest absolute Gasteiger partial charge is 0.108 e. The molecule has 1 heteroatoms. The Balaban J connectivity index is 1.57. The van der Waals surface area contributed by atoms with Crippen molar-refractivity contribution in [2.45, 2.75) is 52.1 Å². The molecule has 4 aliphatic rings. The van der Waals surface area contributed by atoms with Gasteiger partial charge in [0.25, 0.3) is 0 Å². The van der Waals surface area contributed by atoms with E-state index in [9.17, 15) is 0 Å². The predicted molar refractivity (Wildman–Crippen MR) is 115 cm³/mol. The van der Waals surface area contributed by atoms with Gasteiger partial charge in [0.05, 0.1) is 0 Å². The molecule has 0 bridgehead atoms. The summed E-state index contributed by atoms with van der Waals surface area (Å²) in [5.41, 5.74) is 9.53. The number of benzene rings is 1. The molecule has 4 aliphatic carbocycles. The summed E-state index contributed by atoms with van der Waals surface area (Å²) in [5, 5.41) is 3.42. The Kier molecular flexibility index (Phi) is 3.65. The lowest BCUT2D eigenvalue weighted by atomic mass is 9.78. The molecule has 0 saturated heterocycles. The predicted octanol–water partition coefficient (Wildman–Crippen LogP) is 6.73. The normalized spacial score (nSPS) is 24.3. The van der Waals surface area contributed by atoms with E-state index < -0.39 is 8.07 Å². The summed E-state index contributed by atoms with van der Waals surface area (Å²) in [4.78, 5) is 0. The van der Waals surface area contributed by atoms with E-state index in [0.29, 0.717) is 5.92 Å². The third kappa shape index (κ3) is 2.33. The fourth-order valence-electron chi connectivity index (χ4n) is 5.67. The van der Waals surface area contributed by atoms with Crippen molar-refractivity contribution < 1.29 is 0 Å². The Morgan fingerprint density at radius 3 is 2.65 bits per heavy atom. The van der Waals surface area contributed by atoms with E-state index >= 15 is 0 Å². The van der Waals surface area contributed by atoms with Crippen LogP contribution in [0.4, 0.5) is 0 Å². The Bertz CT molecular complexity index is 946. The second-order valence-electron chi connectivity index (χ2n) is 8.92. The van der Waals surface area contributed by atoms with Crippen LogP contribution >= 0.6 is 0 Å². The van der Waals surface area contributed by atoms with Gasteiger partial charge in [0, 0.05) is 5.92 Å². The standard InChI is InChI=1S/C25H28Si/c1-17-14-24-22-11-7-6-8-18(22)12-13-23(24)25(17)26(2,3)21-15-19-9-4-5-10-20(19)16-21/h4-5,9-10,12-15,24H,6-8,11,16H2,1-3H3. The molecule has 0 N–H and O–H groups in total. The number of hydrogen-bond donors (Lipinski definition) is 0. The minimum atomic E-state index is -1.66. The molecule has 5 rings (SSSR count). The minimum absolute atomic E-state index is 0.585. The Morgan fingerprint density at radius 2 is 1.81 bits per heavy atom. The van der Waals surface area contributed by atoms with Gasteiger partial charge in [-0.2, -0.15) is 0 Å². The van der Waals surface area contributed by atoms with E-state index in [1.165, 1.54) is 36.8 Å². The average molecular weight is 357 g/mol. The van der Waals surface area contributed by atoms with E-state index in [2.05, 4.69) is 68.6 Å². The van der Waals surface area contributed by atoms with Crippen molar-refractivity contribution in [1.82, 2.24) is 0 Å². The third-order valence-corrected chi connectivity index (χ3v) is 10.9. The van der Waals surface area contributed by atoms with Gasteiger partial charge in [0.15, 0.2) is 0 Å². The highest BCUT2D eigenvalue weighted by Crippen LogP contribution is 2.49. The van der Waals surface area contributed by atoms with Crippen LogP contribution in [0.25, 0.3) is 6.08 Å². The molecule has 1 atom stereocenters. The molecule has 0 radical (unpaired) electrons. The van der Waals surface area contributed by atoms with Crippen LogP contribution in [0.5, 0.6) is 0 Å². The van der Waals surface area contributed by atoms with Crippen molar-refractivity contribution in [2.24, 2.45) is 5.92 Å². The average Bonchev–Trinajstić information content (AvgIpc) is 3.22. The fraction of sp³-hybridized carbons (Fsp3) is 0.360. The van der Waals surface area contributed by atoms with Crippen LogP contribution in [0, 0.1) is 5.92 Å². The van der Waals surface area contributed by atoms with Gasteiger partial charge in [-0.05, 0) is 66.5 Å². The Labute approximate surface area is 158 Å². The van der Waals surface area contributed by atoms with Gasteiger partial charge in [-0.25, -0.2) is 0 Å². The smallest absolute Gasteiger partial charge is 0.0711 e. The zero-order valence-electron chi connectivity index (χ0n) is 16.2. The number of allylic oxidation sites excluding steroid dienone is 9. The SMILES string of the molecule is CC1=CC2C(=C1[Si](C)(C)C1=Cc3ccccc3C1)C=CC1=C2CCCC1. The summed E-state index contributed by atoms with van der Waals surface area (Å²) in [6.07, 6.45) is 16.5. The minimum Gasteiger partial charge on any atom is -0.0711 e. The highest BCUT2D eigenvalue weighted by molar-refractivity contribution is 6.92. The molecule has 0 nitrogen and oxygen atoms in total. The lowest BCUT2D eigenvalue weighted by molar-refractivity contribution is 0.638. The van der Waals surface area contributed by atoms with Gasteiger partial charge < -0.3 is 0 Å². The Hall–Kier alpha value is -1.86. The first-order valence-corrected chi connectivity index (χ1v) is 13.2. The number of fused-ring (bicyclic) bond motifs is 3. The summed E-state index contributed by atoms with van der Waals surface area (Å²) in [5.74, 6) is 0.585. The zero-order chi connectivity index (χ0) is 17.9. The maximum atomic E-state index is 2.59. The van der Waals surface area contributed by atoms with Crippen molar-refractivity contribution in [1.29, 1.82) is 0 Å². The van der Waals surface area contributed by atoms with Crippen molar-refractivity contribution in [3.8, 4) is 0 Å². The molecule has 0 aromatic heterocycles. The van der Waals surface area contributed by atoms with Crippen molar-refractivity contribution in [3.63, 3.8) is 0 Å². The molecule has 132 valence electrons. The highest BCUT2D eigenvalue weighted by Gasteiger charge is 2.40. The topological polar surface area (TPSA) is 0 Å². The molecule has 26 heavy (non-hydrogen) atoms. The zero-order valence-corrected chi connectivity index (χ0v) is 17.2. The molecule has 0 aliphatic heterocycles. The van der Waals surface area contributed by atoms with Crippen LogP contribution in [0.3, 0.4) is 0 Å². The van der Waals surface area contributed by atoms with E-state index in [1.807, 2.05) is 0 Å². The number of rotatable bonds is 2. The molecule has 1 aromatic carbocycles. The van der Waals surface area contributed by atoms with Crippen molar-refractivity contribution in [2.75, 3.05) is 0 Å². The third-order valence-electron chi connectivity index (χ3n) is 7.02. The molecule has 1 unspecified atom stereocenters. The molecule has 0 fully saturated rings. The van der Waals surface area contributed by atoms with Gasteiger partial charge in [0.1, 0.15) is 8.07 Å². The molecule has 0 spiro atoms. The van der Waals surface area contributed by atoms with Crippen LogP contribution in [-0.2, 0) is 6.42 Å². The van der Waals surface area contributed by atoms with Crippen molar-refractivity contribution >= 4 is 14.1 Å². The molecule has 0 heterocycles. The summed E-state index contributed by atoms with van der Waals surface area (Å²) in [6, 6.07) is 8.95. The van der Waals surface area contributed by atoms with Gasteiger partial charge in [-0.1, -0.05) is 78.0 Å². The lowest BCUT2D eigenvalue weighted by Crippen LogP contribution is -2.34. The highest BCUT2D eigenvalue weighted by atomic mass is 28.3. The summed E-state index contributed by atoms with van der Waals surface area (Å²) < 4.78 is 0. The first-order chi connectivity index (χ1) is 12.6. The van der Waals surface area contributed by atoms with E-state index in [1.54, 1.807) is 32.7 Å². The van der Waals surface area contributed by atoms with Crippen LogP contribution in [-0.4, -0.2) is 8.07 Å². The fourth-order valence-corrected chi connectivity index (χ4v) is 9.16. The lowest BCUT2D eigenvalue weighted by Gasteiger charge is -2.32. The Morgan fingerprint density at radius 1 is 1.00 bits per heavy atom. The molecular weight excluding hydrogens is 328 g/mol. The molecular formula is C25H28Si. The van der Waals surface area contributed by atoms with Crippen LogP contribution < -0.4 is 0 Å². The maximum Gasteiger partial charge on any atom is 0.108 e. The quantitative estimate of drug-likeness (QED) is 0.516. The first-order valence-electron chi connectivity index (χ1n) is 10.2. The second kappa shape index (κ2) is 5.82. The van der Waals surface area contributed by atoms with Crippen LogP contribution in [0.2, 0.25) is 13.1 Å². The molecule has 0 saturated carbocycles. The van der Waals surface area contributed by atoms with Crippen molar-refractivity contribution in [3.05, 3.63) is 86.3 Å². The monoisotopic (exact) mass is 356 g/mol. The van der Waals surface area contributed by atoms with Crippen LogP contribution in [0.15, 0.2) is 75.2 Å².